The molecule has 2 aromatic rings. The molecule has 27 heavy (non-hydrogen) atoms. The second-order valence-electron chi connectivity index (χ2n) is 5.40. The van der Waals surface area contributed by atoms with Crippen molar-refractivity contribution in [2.75, 3.05) is 0 Å². The zero-order valence-electron chi connectivity index (χ0n) is 13.2. The van der Waals surface area contributed by atoms with Crippen LogP contribution in [-0.4, -0.2) is 10.8 Å². The maximum Gasteiger partial charge on any atom is 0.416 e. The third kappa shape index (κ3) is 5.19. The number of nitrogens with one attached hydrogen (secondary N) is 1. The Morgan fingerprint density at radius 3 is 2.00 bits per heavy atom. The van der Waals surface area contributed by atoms with Gasteiger partial charge in [0.2, 0.25) is 0 Å². The molecule has 0 saturated carbocycles. The van der Waals surface area contributed by atoms with Gasteiger partial charge in [-0.3, -0.25) is 14.9 Å². The highest BCUT2D eigenvalue weighted by atomic mass is 19.4. The van der Waals surface area contributed by atoms with E-state index in [1.165, 1.54) is 12.1 Å². The first-order chi connectivity index (χ1) is 12.4. The van der Waals surface area contributed by atoms with Gasteiger partial charge in [-0.05, 0) is 29.8 Å². The van der Waals surface area contributed by atoms with Crippen molar-refractivity contribution in [2.45, 2.75) is 18.9 Å². The van der Waals surface area contributed by atoms with Crippen molar-refractivity contribution in [1.29, 1.82) is 0 Å². The van der Waals surface area contributed by atoms with E-state index >= 15 is 0 Å². The van der Waals surface area contributed by atoms with E-state index in [9.17, 15) is 41.3 Å². The molecule has 0 aliphatic carbocycles. The van der Waals surface area contributed by atoms with Crippen molar-refractivity contribution in [3.63, 3.8) is 0 Å². The third-order valence-corrected chi connectivity index (χ3v) is 3.42. The van der Waals surface area contributed by atoms with Crippen molar-refractivity contribution in [3.8, 4) is 0 Å². The summed E-state index contributed by atoms with van der Waals surface area (Å²) in [5.74, 6) is -0.885. The molecule has 0 aliphatic heterocycles. The number of nitro groups is 1. The molecule has 0 radical (unpaired) electrons. The molecule has 5 nitrogen and oxygen atoms in total. The molecular formula is C16H10F6N2O3. The summed E-state index contributed by atoms with van der Waals surface area (Å²) >= 11 is 0. The predicted molar refractivity (Wildman–Crippen MR) is 80.7 cm³/mol. The van der Waals surface area contributed by atoms with Gasteiger partial charge in [-0.2, -0.15) is 26.3 Å². The average molecular weight is 392 g/mol. The number of amides is 1. The summed E-state index contributed by atoms with van der Waals surface area (Å²) in [6.45, 7) is -0.630. The highest BCUT2D eigenvalue weighted by Crippen LogP contribution is 2.36. The van der Waals surface area contributed by atoms with Crippen molar-refractivity contribution < 1.29 is 36.1 Å². The third-order valence-electron chi connectivity index (χ3n) is 3.42. The Bertz CT molecular complexity index is 845. The minimum Gasteiger partial charge on any atom is -0.348 e. The van der Waals surface area contributed by atoms with Crippen molar-refractivity contribution in [1.82, 2.24) is 5.32 Å². The van der Waals surface area contributed by atoms with E-state index in [1.807, 2.05) is 0 Å². The molecule has 0 spiro atoms. The first kappa shape index (κ1) is 20.2. The first-order valence-electron chi connectivity index (χ1n) is 7.19. The van der Waals surface area contributed by atoms with Crippen molar-refractivity contribution in [2.24, 2.45) is 0 Å². The Labute approximate surface area is 147 Å². The highest BCUT2D eigenvalue weighted by molar-refractivity contribution is 5.94. The SMILES string of the molecule is O=C(NCc1cc(C(F)(F)F)cc(C(F)(F)F)c1)c1cccc([N+](=O)[O-])c1. The van der Waals surface area contributed by atoms with E-state index < -0.39 is 46.4 Å². The van der Waals surface area contributed by atoms with Crippen LogP contribution in [0.5, 0.6) is 0 Å². The summed E-state index contributed by atoms with van der Waals surface area (Å²) in [7, 11) is 0. The summed E-state index contributed by atoms with van der Waals surface area (Å²) in [5, 5.41) is 12.8. The number of non-ortho nitro benzene ring substituents is 1. The molecule has 0 atom stereocenters. The van der Waals surface area contributed by atoms with Crippen LogP contribution in [0.3, 0.4) is 0 Å². The Kier molecular flexibility index (Phi) is 5.43. The van der Waals surface area contributed by atoms with Crippen LogP contribution in [0.4, 0.5) is 32.0 Å². The zero-order valence-corrected chi connectivity index (χ0v) is 13.2. The van der Waals surface area contributed by atoms with Crippen LogP contribution in [-0.2, 0) is 18.9 Å². The lowest BCUT2D eigenvalue weighted by atomic mass is 10.0. The Morgan fingerprint density at radius 2 is 1.52 bits per heavy atom. The van der Waals surface area contributed by atoms with Crippen LogP contribution in [0.25, 0.3) is 0 Å². The van der Waals surface area contributed by atoms with Gasteiger partial charge in [-0.25, -0.2) is 0 Å². The van der Waals surface area contributed by atoms with E-state index in [1.54, 1.807) is 0 Å². The number of carbonyl (C=O) groups is 1. The fraction of sp³-hybridized carbons (Fsp3) is 0.188. The first-order valence-corrected chi connectivity index (χ1v) is 7.19. The number of nitrogens with zero attached hydrogens (tertiary/aromatic N) is 1. The number of hydrogen-bond donors (Lipinski definition) is 1. The lowest BCUT2D eigenvalue weighted by Gasteiger charge is -2.14. The number of benzene rings is 2. The molecule has 0 unspecified atom stereocenters. The van der Waals surface area contributed by atoms with Crippen LogP contribution >= 0.6 is 0 Å². The maximum absolute atomic E-state index is 12.8. The van der Waals surface area contributed by atoms with E-state index in [2.05, 4.69) is 5.32 Å². The summed E-state index contributed by atoms with van der Waals surface area (Å²) in [4.78, 5) is 21.9. The van der Waals surface area contributed by atoms with Crippen molar-refractivity contribution in [3.05, 3.63) is 74.8 Å². The summed E-state index contributed by atoms with van der Waals surface area (Å²) in [6.07, 6.45) is -10.00. The summed E-state index contributed by atoms with van der Waals surface area (Å²) in [5.41, 5.74) is -3.97. The number of carbonyl (C=O) groups excluding carboxylic acids is 1. The van der Waals surface area contributed by atoms with Gasteiger partial charge in [-0.1, -0.05) is 6.07 Å². The fourth-order valence-corrected chi connectivity index (χ4v) is 2.17. The molecule has 0 bridgehead atoms. The summed E-state index contributed by atoms with van der Waals surface area (Å²) < 4.78 is 76.8. The summed E-state index contributed by atoms with van der Waals surface area (Å²) in [6, 6.07) is 5.45. The Morgan fingerprint density at radius 1 is 0.963 bits per heavy atom. The van der Waals surface area contributed by atoms with Gasteiger partial charge in [0.05, 0.1) is 16.1 Å². The standard InChI is InChI=1S/C16H10F6N2O3/c17-15(18,19)11-4-9(5-12(7-11)16(20,21)22)8-23-14(25)10-2-1-3-13(6-10)24(26)27/h1-7H,8H2,(H,23,25). The van der Waals surface area contributed by atoms with E-state index in [4.69, 9.17) is 0 Å². The van der Waals surface area contributed by atoms with Gasteiger partial charge in [0.1, 0.15) is 0 Å². The molecule has 1 amide bonds. The largest absolute Gasteiger partial charge is 0.416 e. The molecule has 144 valence electrons. The number of halogens is 6. The Hall–Kier alpha value is -3.11. The van der Waals surface area contributed by atoms with E-state index in [0.717, 1.165) is 12.1 Å². The van der Waals surface area contributed by atoms with Crippen molar-refractivity contribution >= 4 is 11.6 Å². The lowest BCUT2D eigenvalue weighted by molar-refractivity contribution is -0.384. The number of nitro benzene ring substituents is 1. The number of alkyl halides is 6. The topological polar surface area (TPSA) is 72.2 Å². The van der Waals surface area contributed by atoms with Gasteiger partial charge < -0.3 is 5.32 Å². The molecule has 0 aliphatic rings. The monoisotopic (exact) mass is 392 g/mol. The molecule has 0 aromatic heterocycles. The van der Waals surface area contributed by atoms with E-state index in [-0.39, 0.29) is 17.3 Å². The van der Waals surface area contributed by atoms with Gasteiger partial charge in [0.25, 0.3) is 11.6 Å². The highest BCUT2D eigenvalue weighted by Gasteiger charge is 2.36. The van der Waals surface area contributed by atoms with Gasteiger partial charge in [0, 0.05) is 24.2 Å². The molecule has 11 heteroatoms. The molecule has 0 fully saturated rings. The molecule has 2 rings (SSSR count). The van der Waals surface area contributed by atoms with Crippen LogP contribution in [0.15, 0.2) is 42.5 Å². The molecule has 2 aromatic carbocycles. The van der Waals surface area contributed by atoms with Crippen LogP contribution in [0.2, 0.25) is 0 Å². The van der Waals surface area contributed by atoms with Gasteiger partial charge in [-0.15, -0.1) is 0 Å². The number of hydrogen-bond acceptors (Lipinski definition) is 3. The second-order valence-corrected chi connectivity index (χ2v) is 5.40. The van der Waals surface area contributed by atoms with E-state index in [0.29, 0.717) is 12.1 Å². The van der Waals surface area contributed by atoms with Gasteiger partial charge in [0.15, 0.2) is 0 Å². The second kappa shape index (κ2) is 7.25. The molecular weight excluding hydrogens is 382 g/mol. The van der Waals surface area contributed by atoms with Crippen LogP contribution in [0, 0.1) is 10.1 Å². The maximum atomic E-state index is 12.8. The minimum absolute atomic E-state index is 0.0219. The average Bonchev–Trinajstić information content (AvgIpc) is 2.58. The normalized spacial score (nSPS) is 11.9. The zero-order chi connectivity index (χ0) is 20.4. The van der Waals surface area contributed by atoms with Gasteiger partial charge >= 0.3 is 12.4 Å². The lowest BCUT2D eigenvalue weighted by Crippen LogP contribution is -2.23. The molecule has 1 N–H and O–H groups in total. The van der Waals surface area contributed by atoms with Crippen LogP contribution < -0.4 is 5.32 Å². The smallest absolute Gasteiger partial charge is 0.348 e. The molecule has 0 saturated heterocycles. The fourth-order valence-electron chi connectivity index (χ4n) is 2.17. The number of rotatable bonds is 4. The quantitative estimate of drug-likeness (QED) is 0.471. The van der Waals surface area contributed by atoms with Crippen LogP contribution in [0.1, 0.15) is 27.0 Å². The Balaban J connectivity index is 2.25. The predicted octanol–water partition coefficient (Wildman–Crippen LogP) is 4.56. The molecule has 0 heterocycles. The minimum atomic E-state index is -5.00.